The summed E-state index contributed by atoms with van der Waals surface area (Å²) in [5.74, 6) is 0.749. The molecule has 1 unspecified atom stereocenters. The smallest absolute Gasteiger partial charge is 0.235 e. The Balaban J connectivity index is 1.95. The van der Waals surface area contributed by atoms with Gasteiger partial charge in [0.25, 0.3) is 0 Å². The van der Waals surface area contributed by atoms with Gasteiger partial charge in [0, 0.05) is 5.02 Å². The molecule has 0 aliphatic heterocycles. The zero-order valence-electron chi connectivity index (χ0n) is 12.1. The van der Waals surface area contributed by atoms with E-state index in [0.717, 1.165) is 17.7 Å². The molecular weight excluding hydrogens is 332 g/mol. The number of ether oxygens (including phenoxy) is 1. The standard InChI is InChI=1S/C18H13ClO3S/c19-11-7-8-14-13(10-11)16(20)18(21-12-4-1-2-5-12)17(22-14)15-6-3-9-23-15/h1,3-4,6-10,12H,2,5H2. The molecule has 5 heteroatoms. The maximum absolute atomic E-state index is 12.9. The van der Waals surface area contributed by atoms with Crippen LogP contribution in [0.3, 0.4) is 0 Å². The van der Waals surface area contributed by atoms with E-state index in [2.05, 4.69) is 6.08 Å². The second-order valence-electron chi connectivity index (χ2n) is 5.37. The molecule has 0 N–H and O–H groups in total. The minimum Gasteiger partial charge on any atom is -0.479 e. The number of thiophene rings is 1. The molecule has 23 heavy (non-hydrogen) atoms. The van der Waals surface area contributed by atoms with Crippen LogP contribution < -0.4 is 10.2 Å². The second-order valence-corrected chi connectivity index (χ2v) is 6.75. The molecule has 2 heterocycles. The van der Waals surface area contributed by atoms with E-state index in [1.54, 1.807) is 18.2 Å². The molecule has 1 aliphatic rings. The molecule has 0 saturated carbocycles. The Hall–Kier alpha value is -2.04. The van der Waals surface area contributed by atoms with Crippen LogP contribution in [-0.2, 0) is 0 Å². The highest BCUT2D eigenvalue weighted by atomic mass is 35.5. The number of hydrogen-bond donors (Lipinski definition) is 0. The summed E-state index contributed by atoms with van der Waals surface area (Å²) in [4.78, 5) is 13.8. The number of rotatable bonds is 3. The van der Waals surface area contributed by atoms with Gasteiger partial charge in [-0.1, -0.05) is 23.7 Å². The van der Waals surface area contributed by atoms with E-state index in [4.69, 9.17) is 20.8 Å². The molecule has 3 aromatic rings. The minimum atomic E-state index is -0.183. The topological polar surface area (TPSA) is 39.4 Å². The molecule has 3 nitrogen and oxygen atoms in total. The van der Waals surface area contributed by atoms with Crippen LogP contribution in [0.4, 0.5) is 0 Å². The Morgan fingerprint density at radius 2 is 2.22 bits per heavy atom. The number of allylic oxidation sites excluding steroid dienone is 1. The van der Waals surface area contributed by atoms with Gasteiger partial charge < -0.3 is 9.15 Å². The molecule has 0 fully saturated rings. The monoisotopic (exact) mass is 344 g/mol. The lowest BCUT2D eigenvalue weighted by Crippen LogP contribution is -2.17. The molecule has 1 aliphatic carbocycles. The second kappa shape index (κ2) is 5.87. The third-order valence-corrected chi connectivity index (χ3v) is 4.90. The van der Waals surface area contributed by atoms with Gasteiger partial charge >= 0.3 is 0 Å². The van der Waals surface area contributed by atoms with Gasteiger partial charge in [0.15, 0.2) is 5.76 Å². The largest absolute Gasteiger partial charge is 0.479 e. The zero-order chi connectivity index (χ0) is 15.8. The summed E-state index contributed by atoms with van der Waals surface area (Å²) in [5.41, 5.74) is 0.328. The summed E-state index contributed by atoms with van der Waals surface area (Å²) in [6.45, 7) is 0. The SMILES string of the molecule is O=c1c(OC2C=CCC2)c(-c2cccs2)oc2ccc(Cl)cc12. The van der Waals surface area contributed by atoms with Gasteiger partial charge in [0.2, 0.25) is 11.2 Å². The molecule has 1 aromatic carbocycles. The normalized spacial score (nSPS) is 17.0. The van der Waals surface area contributed by atoms with Crippen LogP contribution in [0.2, 0.25) is 5.02 Å². The first-order valence-corrected chi connectivity index (χ1v) is 8.62. The van der Waals surface area contributed by atoms with Gasteiger partial charge in [-0.25, -0.2) is 0 Å². The lowest BCUT2D eigenvalue weighted by Gasteiger charge is -2.14. The molecule has 2 aromatic heterocycles. The zero-order valence-corrected chi connectivity index (χ0v) is 13.7. The Kier molecular flexibility index (Phi) is 3.71. The highest BCUT2D eigenvalue weighted by molar-refractivity contribution is 7.13. The third kappa shape index (κ3) is 2.69. The average molecular weight is 345 g/mol. The fraction of sp³-hybridized carbons (Fsp3) is 0.167. The van der Waals surface area contributed by atoms with Gasteiger partial charge in [0.1, 0.15) is 11.7 Å². The minimum absolute atomic E-state index is 0.0896. The van der Waals surface area contributed by atoms with E-state index >= 15 is 0 Å². The van der Waals surface area contributed by atoms with Crippen LogP contribution in [0.1, 0.15) is 12.8 Å². The first-order valence-electron chi connectivity index (χ1n) is 7.36. The van der Waals surface area contributed by atoms with Crippen molar-refractivity contribution in [3.05, 3.63) is 63.1 Å². The van der Waals surface area contributed by atoms with Crippen LogP contribution >= 0.6 is 22.9 Å². The van der Waals surface area contributed by atoms with Crippen molar-refractivity contribution in [2.24, 2.45) is 0 Å². The first kappa shape index (κ1) is 14.5. The van der Waals surface area contributed by atoms with Gasteiger partial charge in [-0.3, -0.25) is 4.79 Å². The fourth-order valence-electron chi connectivity index (χ4n) is 2.68. The van der Waals surface area contributed by atoms with Gasteiger partial charge in [-0.2, -0.15) is 0 Å². The predicted octanol–water partition coefficient (Wildman–Crippen LogP) is 5.27. The third-order valence-electron chi connectivity index (χ3n) is 3.79. The molecule has 116 valence electrons. The van der Waals surface area contributed by atoms with E-state index < -0.39 is 0 Å². The van der Waals surface area contributed by atoms with Gasteiger partial charge in [-0.05, 0) is 48.6 Å². The van der Waals surface area contributed by atoms with Gasteiger partial charge in [-0.15, -0.1) is 11.3 Å². The number of fused-ring (bicyclic) bond motifs is 1. The molecule has 0 amide bonds. The number of hydrogen-bond acceptors (Lipinski definition) is 4. The highest BCUT2D eigenvalue weighted by Gasteiger charge is 2.22. The molecule has 0 spiro atoms. The van der Waals surface area contributed by atoms with Gasteiger partial charge in [0.05, 0.1) is 10.3 Å². The lowest BCUT2D eigenvalue weighted by molar-refractivity contribution is 0.243. The van der Waals surface area contributed by atoms with Crippen LogP contribution in [0.5, 0.6) is 5.75 Å². The Labute approximate surface area is 141 Å². The molecular formula is C18H13ClO3S. The average Bonchev–Trinajstić information content (AvgIpc) is 3.24. The van der Waals surface area contributed by atoms with Crippen molar-refractivity contribution < 1.29 is 9.15 Å². The number of halogens is 1. The van der Waals surface area contributed by atoms with E-state index in [1.807, 2.05) is 23.6 Å². The molecule has 0 radical (unpaired) electrons. The summed E-state index contributed by atoms with van der Waals surface area (Å²) in [6.07, 6.45) is 5.79. The Bertz CT molecular complexity index is 941. The van der Waals surface area contributed by atoms with Crippen LogP contribution in [0.15, 0.2) is 57.1 Å². The summed E-state index contributed by atoms with van der Waals surface area (Å²) < 4.78 is 12.0. The summed E-state index contributed by atoms with van der Waals surface area (Å²) in [7, 11) is 0. The maximum Gasteiger partial charge on any atom is 0.235 e. The van der Waals surface area contributed by atoms with Crippen LogP contribution in [-0.4, -0.2) is 6.10 Å². The van der Waals surface area contributed by atoms with E-state index in [1.165, 1.54) is 11.3 Å². The fourth-order valence-corrected chi connectivity index (χ4v) is 3.56. The van der Waals surface area contributed by atoms with E-state index in [9.17, 15) is 4.79 Å². The molecule has 0 bridgehead atoms. The Morgan fingerprint density at radius 3 is 2.96 bits per heavy atom. The summed E-state index contributed by atoms with van der Waals surface area (Å²) >= 11 is 7.53. The van der Waals surface area contributed by atoms with Crippen molar-refractivity contribution in [1.29, 1.82) is 0 Å². The maximum atomic E-state index is 12.9. The van der Waals surface area contributed by atoms with Crippen molar-refractivity contribution in [1.82, 2.24) is 0 Å². The lowest BCUT2D eigenvalue weighted by atomic mass is 10.2. The van der Waals surface area contributed by atoms with Crippen LogP contribution in [0, 0.1) is 0 Å². The van der Waals surface area contributed by atoms with E-state index in [-0.39, 0.29) is 17.3 Å². The first-order chi connectivity index (χ1) is 11.2. The summed E-state index contributed by atoms with van der Waals surface area (Å²) in [6, 6.07) is 8.90. The molecule has 1 atom stereocenters. The van der Waals surface area contributed by atoms with Crippen molar-refractivity contribution >= 4 is 33.9 Å². The van der Waals surface area contributed by atoms with Crippen molar-refractivity contribution in [2.45, 2.75) is 18.9 Å². The summed E-state index contributed by atoms with van der Waals surface area (Å²) in [5, 5.41) is 2.89. The van der Waals surface area contributed by atoms with Crippen molar-refractivity contribution in [2.75, 3.05) is 0 Å². The molecule has 4 rings (SSSR count). The molecule has 0 saturated heterocycles. The van der Waals surface area contributed by atoms with Crippen LogP contribution in [0.25, 0.3) is 21.6 Å². The highest BCUT2D eigenvalue weighted by Crippen LogP contribution is 2.35. The number of benzene rings is 1. The predicted molar refractivity (Wildman–Crippen MR) is 93.6 cm³/mol. The van der Waals surface area contributed by atoms with E-state index in [0.29, 0.717) is 21.8 Å². The quantitative estimate of drug-likeness (QED) is 0.607. The van der Waals surface area contributed by atoms with Crippen molar-refractivity contribution in [3.8, 4) is 16.4 Å². The Morgan fingerprint density at radius 1 is 1.30 bits per heavy atom. The van der Waals surface area contributed by atoms with Crippen molar-refractivity contribution in [3.63, 3.8) is 0 Å².